The van der Waals surface area contributed by atoms with Crippen molar-refractivity contribution >= 4 is 11.5 Å². The van der Waals surface area contributed by atoms with Gasteiger partial charge in [0.05, 0.1) is 11.2 Å². The summed E-state index contributed by atoms with van der Waals surface area (Å²) in [6.45, 7) is 0. The van der Waals surface area contributed by atoms with Crippen molar-refractivity contribution in [1.29, 1.82) is 0 Å². The van der Waals surface area contributed by atoms with Gasteiger partial charge in [-0.3, -0.25) is 8.97 Å². The third-order valence-electron chi connectivity index (χ3n) is 2.94. The molecule has 0 aliphatic heterocycles. The highest BCUT2D eigenvalue weighted by atomic mass is 16.4. The summed E-state index contributed by atoms with van der Waals surface area (Å²) in [6, 6.07) is 13.6. The minimum atomic E-state index is -1.13. The molecule has 0 aliphatic carbocycles. The molecular formula is C14H10N2O3. The predicted molar refractivity (Wildman–Crippen MR) is 70.0 cm³/mol. The molecule has 0 amide bonds. The molecule has 0 fully saturated rings. The van der Waals surface area contributed by atoms with Gasteiger partial charge in [-0.05, 0) is 30.3 Å². The van der Waals surface area contributed by atoms with Crippen LogP contribution in [0, 0.1) is 0 Å². The van der Waals surface area contributed by atoms with Crippen molar-refractivity contribution < 1.29 is 9.90 Å². The van der Waals surface area contributed by atoms with Gasteiger partial charge in [0.2, 0.25) is 0 Å². The second-order valence-electron chi connectivity index (χ2n) is 4.09. The van der Waals surface area contributed by atoms with Crippen molar-refractivity contribution in [2.45, 2.75) is 0 Å². The van der Waals surface area contributed by atoms with Gasteiger partial charge >= 0.3 is 11.7 Å². The Morgan fingerprint density at radius 2 is 1.79 bits per heavy atom. The van der Waals surface area contributed by atoms with Crippen molar-refractivity contribution in [3.05, 3.63) is 70.9 Å². The molecule has 2 heterocycles. The Bertz CT molecular complexity index is 816. The van der Waals surface area contributed by atoms with E-state index in [9.17, 15) is 14.7 Å². The Balaban J connectivity index is 2.45. The Hall–Kier alpha value is -2.82. The maximum Gasteiger partial charge on any atom is 0.353 e. The van der Waals surface area contributed by atoms with Crippen LogP contribution < -0.4 is 5.69 Å². The zero-order valence-electron chi connectivity index (χ0n) is 9.85. The number of benzene rings is 1. The third kappa shape index (κ3) is 1.72. The van der Waals surface area contributed by atoms with Crippen LogP contribution in [0.4, 0.5) is 0 Å². The molecule has 1 aromatic carbocycles. The number of hydrogen-bond donors (Lipinski definition) is 1. The number of carboxylic acid groups (broad SMARTS) is 1. The number of hydrogen-bond acceptors (Lipinski definition) is 2. The van der Waals surface area contributed by atoms with Crippen LogP contribution in [0.3, 0.4) is 0 Å². The number of rotatable bonds is 2. The molecule has 3 rings (SSSR count). The monoisotopic (exact) mass is 254 g/mol. The number of carboxylic acids is 1. The van der Waals surface area contributed by atoms with E-state index in [4.69, 9.17) is 0 Å². The zero-order valence-corrected chi connectivity index (χ0v) is 9.85. The van der Waals surface area contributed by atoms with Crippen LogP contribution in [-0.4, -0.2) is 20.0 Å². The lowest BCUT2D eigenvalue weighted by Gasteiger charge is -2.10. The largest absolute Gasteiger partial charge is 0.477 e. The predicted octanol–water partition coefficient (Wildman–Crippen LogP) is 1.79. The first-order valence-electron chi connectivity index (χ1n) is 5.70. The Morgan fingerprint density at radius 3 is 2.47 bits per heavy atom. The van der Waals surface area contributed by atoms with Crippen molar-refractivity contribution in [1.82, 2.24) is 8.97 Å². The Kier molecular flexibility index (Phi) is 2.45. The summed E-state index contributed by atoms with van der Waals surface area (Å²) in [5, 5.41) is 9.28. The van der Waals surface area contributed by atoms with E-state index in [-0.39, 0.29) is 5.69 Å². The van der Waals surface area contributed by atoms with E-state index in [2.05, 4.69) is 0 Å². The van der Waals surface area contributed by atoms with Gasteiger partial charge in [0, 0.05) is 6.20 Å². The smallest absolute Gasteiger partial charge is 0.353 e. The summed E-state index contributed by atoms with van der Waals surface area (Å²) < 4.78 is 2.61. The van der Waals surface area contributed by atoms with Gasteiger partial charge in [0.1, 0.15) is 5.69 Å². The molecule has 1 N–H and O–H groups in total. The number of carbonyl (C=O) groups is 1. The average molecular weight is 254 g/mol. The van der Waals surface area contributed by atoms with E-state index in [0.717, 1.165) is 0 Å². The average Bonchev–Trinajstić information content (AvgIpc) is 2.88. The summed E-state index contributed by atoms with van der Waals surface area (Å²) in [5.74, 6) is -1.13. The van der Waals surface area contributed by atoms with E-state index >= 15 is 0 Å². The first kappa shape index (κ1) is 11.3. The van der Waals surface area contributed by atoms with Gasteiger partial charge in [0.25, 0.3) is 0 Å². The molecule has 0 saturated heterocycles. The second-order valence-corrected chi connectivity index (χ2v) is 4.09. The molecule has 0 aliphatic rings. The highest BCUT2D eigenvalue weighted by Crippen LogP contribution is 2.11. The fourth-order valence-corrected chi connectivity index (χ4v) is 2.09. The van der Waals surface area contributed by atoms with E-state index in [1.807, 2.05) is 6.07 Å². The highest BCUT2D eigenvalue weighted by Gasteiger charge is 2.15. The molecule has 0 radical (unpaired) electrons. The molecule has 0 spiro atoms. The molecule has 5 heteroatoms. The summed E-state index contributed by atoms with van der Waals surface area (Å²) >= 11 is 0. The maximum absolute atomic E-state index is 12.4. The molecule has 2 aromatic heterocycles. The van der Waals surface area contributed by atoms with Gasteiger partial charge in [0.15, 0.2) is 0 Å². The molecule has 94 valence electrons. The lowest BCUT2D eigenvalue weighted by molar-refractivity contribution is 0.0686. The van der Waals surface area contributed by atoms with Gasteiger partial charge in [-0.1, -0.05) is 18.2 Å². The summed E-state index contributed by atoms with van der Waals surface area (Å²) in [5.41, 5.74) is 0.642. The molecule has 0 atom stereocenters. The molecule has 0 unspecified atom stereocenters. The van der Waals surface area contributed by atoms with Gasteiger partial charge in [-0.25, -0.2) is 9.59 Å². The normalized spacial score (nSPS) is 10.7. The van der Waals surface area contributed by atoms with Gasteiger partial charge in [-0.2, -0.15) is 0 Å². The fourth-order valence-electron chi connectivity index (χ4n) is 2.09. The molecular weight excluding hydrogens is 244 g/mol. The molecule has 3 aromatic rings. The molecule has 0 bridgehead atoms. The standard InChI is InChI=1S/C14H10N2O3/c17-13(18)12-9-11-7-4-8-15(11)14(19)16(12)10-5-2-1-3-6-10/h1-9H,(H,17,18). The van der Waals surface area contributed by atoms with E-state index in [0.29, 0.717) is 11.2 Å². The van der Waals surface area contributed by atoms with Crippen LogP contribution in [-0.2, 0) is 0 Å². The van der Waals surface area contributed by atoms with Crippen LogP contribution in [0.5, 0.6) is 0 Å². The second kappa shape index (κ2) is 4.13. The number of nitrogens with zero attached hydrogens (tertiary/aromatic N) is 2. The topological polar surface area (TPSA) is 63.7 Å². The van der Waals surface area contributed by atoms with Crippen LogP contribution >= 0.6 is 0 Å². The third-order valence-corrected chi connectivity index (χ3v) is 2.94. The zero-order chi connectivity index (χ0) is 13.4. The van der Waals surface area contributed by atoms with Crippen LogP contribution in [0.2, 0.25) is 0 Å². The molecule has 19 heavy (non-hydrogen) atoms. The SMILES string of the molecule is O=C(O)c1cc2cccn2c(=O)n1-c1ccccc1. The number of aromatic nitrogens is 2. The van der Waals surface area contributed by atoms with E-state index < -0.39 is 11.7 Å². The van der Waals surface area contributed by atoms with Crippen molar-refractivity contribution in [3.63, 3.8) is 0 Å². The van der Waals surface area contributed by atoms with Crippen molar-refractivity contribution in [2.75, 3.05) is 0 Å². The number of fused-ring (bicyclic) bond motifs is 1. The summed E-state index contributed by atoms with van der Waals surface area (Å²) in [4.78, 5) is 23.7. The molecule has 5 nitrogen and oxygen atoms in total. The molecule has 0 saturated carbocycles. The lowest BCUT2D eigenvalue weighted by atomic mass is 10.3. The maximum atomic E-state index is 12.4. The first-order chi connectivity index (χ1) is 9.18. The summed E-state index contributed by atoms with van der Waals surface area (Å²) in [7, 11) is 0. The first-order valence-corrected chi connectivity index (χ1v) is 5.70. The van der Waals surface area contributed by atoms with Gasteiger partial charge < -0.3 is 5.11 Å². The van der Waals surface area contributed by atoms with Gasteiger partial charge in [-0.15, -0.1) is 0 Å². The quantitative estimate of drug-likeness (QED) is 0.758. The van der Waals surface area contributed by atoms with Crippen LogP contribution in [0.25, 0.3) is 11.2 Å². The number of aromatic carboxylic acids is 1. The van der Waals surface area contributed by atoms with Crippen molar-refractivity contribution in [2.24, 2.45) is 0 Å². The Morgan fingerprint density at radius 1 is 1.05 bits per heavy atom. The minimum absolute atomic E-state index is 0.0533. The van der Waals surface area contributed by atoms with Crippen LogP contribution in [0.15, 0.2) is 59.5 Å². The van der Waals surface area contributed by atoms with E-state index in [1.54, 1.807) is 42.6 Å². The minimum Gasteiger partial charge on any atom is -0.477 e. The number of para-hydroxylation sites is 1. The van der Waals surface area contributed by atoms with E-state index in [1.165, 1.54) is 15.0 Å². The summed E-state index contributed by atoms with van der Waals surface area (Å²) in [6.07, 6.45) is 1.61. The van der Waals surface area contributed by atoms with Crippen molar-refractivity contribution in [3.8, 4) is 5.69 Å². The highest BCUT2D eigenvalue weighted by molar-refractivity contribution is 5.87. The lowest BCUT2D eigenvalue weighted by Crippen LogP contribution is -2.29. The fraction of sp³-hybridized carbons (Fsp3) is 0. The van der Waals surface area contributed by atoms with Crippen LogP contribution in [0.1, 0.15) is 10.5 Å². The Labute approximate surface area is 108 Å².